The molecule has 1 fully saturated rings. The number of carbonyl (C=O) groups is 3. The Labute approximate surface area is 205 Å². The Morgan fingerprint density at radius 2 is 1.71 bits per heavy atom. The summed E-state index contributed by atoms with van der Waals surface area (Å²) in [6, 6.07) is 12.2. The van der Waals surface area contributed by atoms with Gasteiger partial charge < -0.3 is 15.5 Å². The minimum Gasteiger partial charge on any atom is -0.351 e. The van der Waals surface area contributed by atoms with Gasteiger partial charge in [0.15, 0.2) is 0 Å². The maximum absolute atomic E-state index is 13.5. The number of carbonyl (C=O) groups excluding carboxylic acids is 3. The zero-order chi connectivity index (χ0) is 23.9. The third-order valence-corrected chi connectivity index (χ3v) is 7.60. The van der Waals surface area contributed by atoms with Crippen molar-refractivity contribution in [3.8, 4) is 0 Å². The van der Waals surface area contributed by atoms with Crippen molar-refractivity contribution in [3.63, 3.8) is 0 Å². The molecule has 1 aliphatic carbocycles. The number of benzene rings is 1. The summed E-state index contributed by atoms with van der Waals surface area (Å²) in [6.07, 6.45) is 3.99. The summed E-state index contributed by atoms with van der Waals surface area (Å²) in [4.78, 5) is 42.0. The number of hydrogen-bond acceptors (Lipinski definition) is 5. The van der Waals surface area contributed by atoms with Crippen molar-refractivity contribution in [2.45, 2.75) is 44.3 Å². The second-order valence-corrected chi connectivity index (χ2v) is 10.1. The van der Waals surface area contributed by atoms with Crippen molar-refractivity contribution in [1.29, 1.82) is 0 Å². The van der Waals surface area contributed by atoms with Crippen LogP contribution in [0.2, 0.25) is 0 Å². The number of thiophene rings is 2. The molecule has 1 saturated carbocycles. The van der Waals surface area contributed by atoms with Gasteiger partial charge in [0.05, 0.1) is 11.4 Å². The molecule has 6 nitrogen and oxygen atoms in total. The van der Waals surface area contributed by atoms with Gasteiger partial charge in [-0.1, -0.05) is 37.1 Å². The Morgan fingerprint density at radius 1 is 1.00 bits per heavy atom. The smallest absolute Gasteiger partial charge is 0.261 e. The van der Waals surface area contributed by atoms with E-state index in [0.29, 0.717) is 10.4 Å². The number of hydrogen-bond donors (Lipinski definition) is 2. The van der Waals surface area contributed by atoms with Crippen molar-refractivity contribution in [3.05, 3.63) is 80.4 Å². The highest BCUT2D eigenvalue weighted by Gasteiger charge is 2.34. The molecule has 0 bridgehead atoms. The summed E-state index contributed by atoms with van der Waals surface area (Å²) in [5.74, 6) is -1.35. The molecule has 4 rings (SSSR count). The molecule has 1 aromatic carbocycles. The largest absolute Gasteiger partial charge is 0.351 e. The Bertz CT molecular complexity index is 1100. The Balaban J connectivity index is 1.58. The third-order valence-electron chi connectivity index (χ3n) is 5.81. The lowest BCUT2D eigenvalue weighted by molar-refractivity contribution is -0.141. The third kappa shape index (κ3) is 6.09. The second kappa shape index (κ2) is 11.4. The summed E-state index contributed by atoms with van der Waals surface area (Å²) in [7, 11) is 0. The van der Waals surface area contributed by atoms with Crippen LogP contribution in [0, 0.1) is 5.82 Å². The zero-order valence-electron chi connectivity index (χ0n) is 18.5. The standard InChI is InChI=1S/C25H26FN3O3S2/c26-18-11-9-17(10-12-18)16-29(22(30)15-27-24(31)21-8-4-14-34-21)23(20-7-3-13-33-20)25(32)28-19-5-1-2-6-19/h3-4,7-14,19,23H,1-2,5-6,15-16H2,(H,27,31)(H,28,32)/t23-/m0/s1. The quantitative estimate of drug-likeness (QED) is 0.455. The van der Waals surface area contributed by atoms with Gasteiger partial charge in [-0.15, -0.1) is 22.7 Å². The first-order valence-electron chi connectivity index (χ1n) is 11.2. The number of halogens is 1. The molecular weight excluding hydrogens is 473 g/mol. The lowest BCUT2D eigenvalue weighted by Crippen LogP contribution is -2.48. The van der Waals surface area contributed by atoms with E-state index in [1.54, 1.807) is 29.6 Å². The SMILES string of the molecule is O=C(NCC(=O)N(Cc1ccc(F)cc1)[C@H](C(=O)NC1CCCC1)c1cccs1)c1cccs1. The van der Waals surface area contributed by atoms with E-state index in [-0.39, 0.29) is 36.8 Å². The molecule has 3 aromatic rings. The van der Waals surface area contributed by atoms with E-state index in [1.807, 2.05) is 17.5 Å². The molecule has 0 saturated heterocycles. The van der Waals surface area contributed by atoms with Crippen LogP contribution in [0.25, 0.3) is 0 Å². The van der Waals surface area contributed by atoms with E-state index >= 15 is 0 Å². The Kier molecular flexibility index (Phi) is 8.08. The van der Waals surface area contributed by atoms with E-state index in [0.717, 1.165) is 30.6 Å². The molecular formula is C25H26FN3O3S2. The van der Waals surface area contributed by atoms with E-state index in [1.165, 1.54) is 39.7 Å². The van der Waals surface area contributed by atoms with Crippen LogP contribution < -0.4 is 10.6 Å². The van der Waals surface area contributed by atoms with Crippen LogP contribution in [-0.4, -0.2) is 35.2 Å². The van der Waals surface area contributed by atoms with E-state index < -0.39 is 11.9 Å². The highest BCUT2D eigenvalue weighted by molar-refractivity contribution is 7.12. The maximum atomic E-state index is 13.5. The lowest BCUT2D eigenvalue weighted by atomic mass is 10.1. The fourth-order valence-corrected chi connectivity index (χ4v) is 5.56. The van der Waals surface area contributed by atoms with Crippen LogP contribution >= 0.6 is 22.7 Å². The van der Waals surface area contributed by atoms with Crippen molar-refractivity contribution in [1.82, 2.24) is 15.5 Å². The average molecular weight is 500 g/mol. The Morgan fingerprint density at radius 3 is 2.35 bits per heavy atom. The van der Waals surface area contributed by atoms with Crippen LogP contribution in [0.3, 0.4) is 0 Å². The molecule has 2 heterocycles. The predicted molar refractivity (Wildman–Crippen MR) is 131 cm³/mol. The predicted octanol–water partition coefficient (Wildman–Crippen LogP) is 4.51. The Hall–Kier alpha value is -3.04. The summed E-state index contributed by atoms with van der Waals surface area (Å²) in [5, 5.41) is 9.43. The molecule has 0 radical (unpaired) electrons. The number of rotatable bonds is 9. The maximum Gasteiger partial charge on any atom is 0.261 e. The number of nitrogens with one attached hydrogen (secondary N) is 2. The van der Waals surface area contributed by atoms with E-state index in [4.69, 9.17) is 0 Å². The summed E-state index contributed by atoms with van der Waals surface area (Å²) in [6.45, 7) is -0.148. The van der Waals surface area contributed by atoms with Gasteiger partial charge in [0.2, 0.25) is 11.8 Å². The summed E-state index contributed by atoms with van der Waals surface area (Å²) in [5.41, 5.74) is 0.689. The van der Waals surface area contributed by atoms with Gasteiger partial charge >= 0.3 is 0 Å². The average Bonchev–Trinajstić information content (AvgIpc) is 3.62. The van der Waals surface area contributed by atoms with Crippen LogP contribution in [0.1, 0.15) is 51.8 Å². The summed E-state index contributed by atoms with van der Waals surface area (Å²) < 4.78 is 13.5. The van der Waals surface area contributed by atoms with Gasteiger partial charge in [-0.2, -0.15) is 0 Å². The minimum absolute atomic E-state index is 0.0938. The van der Waals surface area contributed by atoms with E-state index in [2.05, 4.69) is 10.6 Å². The van der Waals surface area contributed by atoms with Crippen LogP contribution in [0.15, 0.2) is 59.3 Å². The van der Waals surface area contributed by atoms with Gasteiger partial charge in [0.25, 0.3) is 5.91 Å². The molecule has 34 heavy (non-hydrogen) atoms. The number of amides is 3. The molecule has 2 aromatic heterocycles. The molecule has 3 amide bonds. The fraction of sp³-hybridized carbons (Fsp3) is 0.320. The minimum atomic E-state index is -0.850. The highest BCUT2D eigenvalue weighted by atomic mass is 32.1. The first kappa shape index (κ1) is 24.1. The molecule has 1 aliphatic rings. The van der Waals surface area contributed by atoms with Gasteiger partial charge in [0.1, 0.15) is 11.9 Å². The van der Waals surface area contributed by atoms with Crippen LogP contribution in [0.5, 0.6) is 0 Å². The highest BCUT2D eigenvalue weighted by Crippen LogP contribution is 2.29. The normalized spacial score (nSPS) is 14.5. The van der Waals surface area contributed by atoms with Gasteiger partial charge in [-0.25, -0.2) is 4.39 Å². The molecule has 2 N–H and O–H groups in total. The van der Waals surface area contributed by atoms with Crippen molar-refractivity contribution in [2.24, 2.45) is 0 Å². The molecule has 178 valence electrons. The molecule has 0 spiro atoms. The topological polar surface area (TPSA) is 78.5 Å². The fourth-order valence-electron chi connectivity index (χ4n) is 4.08. The lowest BCUT2D eigenvalue weighted by Gasteiger charge is -2.31. The number of nitrogens with zero attached hydrogens (tertiary/aromatic N) is 1. The van der Waals surface area contributed by atoms with Crippen LogP contribution in [-0.2, 0) is 16.1 Å². The molecule has 9 heteroatoms. The van der Waals surface area contributed by atoms with Gasteiger partial charge in [0, 0.05) is 17.5 Å². The van der Waals surface area contributed by atoms with E-state index in [9.17, 15) is 18.8 Å². The first-order valence-corrected chi connectivity index (χ1v) is 13.0. The molecule has 1 atom stereocenters. The molecule has 0 unspecified atom stereocenters. The van der Waals surface area contributed by atoms with Crippen molar-refractivity contribution >= 4 is 40.4 Å². The van der Waals surface area contributed by atoms with Crippen molar-refractivity contribution in [2.75, 3.05) is 6.54 Å². The van der Waals surface area contributed by atoms with Gasteiger partial charge in [-0.05, 0) is 53.4 Å². The van der Waals surface area contributed by atoms with Gasteiger partial charge in [-0.3, -0.25) is 14.4 Å². The van der Waals surface area contributed by atoms with Crippen LogP contribution in [0.4, 0.5) is 4.39 Å². The molecule has 0 aliphatic heterocycles. The summed E-state index contributed by atoms with van der Waals surface area (Å²) >= 11 is 2.69. The van der Waals surface area contributed by atoms with Crippen molar-refractivity contribution < 1.29 is 18.8 Å². The first-order chi connectivity index (χ1) is 16.5. The monoisotopic (exact) mass is 499 g/mol. The zero-order valence-corrected chi connectivity index (χ0v) is 20.2. The second-order valence-electron chi connectivity index (χ2n) is 8.22.